The molecule has 1 amide bonds. The molecule has 1 aliphatic carbocycles. The fourth-order valence-electron chi connectivity index (χ4n) is 3.85. The molecule has 2 aliphatic rings. The summed E-state index contributed by atoms with van der Waals surface area (Å²) in [5.41, 5.74) is 0.0170. The predicted octanol–water partition coefficient (Wildman–Crippen LogP) is 1.95. The predicted molar refractivity (Wildman–Crippen MR) is 93.1 cm³/mol. The largest absolute Gasteiger partial charge is 0.353 e. The van der Waals surface area contributed by atoms with E-state index in [2.05, 4.69) is 15.3 Å². The van der Waals surface area contributed by atoms with Crippen molar-refractivity contribution in [1.29, 1.82) is 0 Å². The van der Waals surface area contributed by atoms with Crippen LogP contribution in [0.15, 0.2) is 12.4 Å². The average Bonchev–Trinajstić information content (AvgIpc) is 3.10. The van der Waals surface area contributed by atoms with Gasteiger partial charge in [-0.05, 0) is 32.2 Å². The Morgan fingerprint density at radius 3 is 2.76 bits per heavy atom. The molecule has 1 saturated carbocycles. The Hall–Kier alpha value is -1.96. The lowest BCUT2D eigenvalue weighted by molar-refractivity contribution is -0.385. The van der Waals surface area contributed by atoms with Crippen molar-refractivity contribution in [2.24, 2.45) is 5.92 Å². The minimum absolute atomic E-state index is 0.0170. The third kappa shape index (κ3) is 5.01. The molecule has 0 bridgehead atoms. The van der Waals surface area contributed by atoms with Crippen LogP contribution in [-0.4, -0.2) is 51.2 Å². The van der Waals surface area contributed by atoms with Crippen LogP contribution >= 0.6 is 0 Å². The molecule has 3 rings (SSSR count). The highest BCUT2D eigenvalue weighted by Gasteiger charge is 2.27. The van der Waals surface area contributed by atoms with Gasteiger partial charge in [0, 0.05) is 19.1 Å². The van der Waals surface area contributed by atoms with Crippen LogP contribution in [0.5, 0.6) is 0 Å². The van der Waals surface area contributed by atoms with E-state index in [1.54, 1.807) is 4.68 Å². The molecule has 0 spiro atoms. The Kier molecular flexibility index (Phi) is 6.01. The van der Waals surface area contributed by atoms with Crippen molar-refractivity contribution >= 4 is 11.6 Å². The van der Waals surface area contributed by atoms with E-state index >= 15 is 0 Å². The Bertz CT molecular complexity index is 597. The molecule has 0 unspecified atom stereocenters. The fourth-order valence-corrected chi connectivity index (χ4v) is 3.85. The summed E-state index contributed by atoms with van der Waals surface area (Å²) in [5, 5.41) is 18.0. The Morgan fingerprint density at radius 2 is 2.04 bits per heavy atom. The first-order valence-electron chi connectivity index (χ1n) is 9.31. The minimum atomic E-state index is -0.434. The van der Waals surface area contributed by atoms with Crippen molar-refractivity contribution in [3.8, 4) is 0 Å². The van der Waals surface area contributed by atoms with E-state index in [4.69, 9.17) is 0 Å². The number of likely N-dealkylation sites (tertiary alicyclic amines) is 1. The van der Waals surface area contributed by atoms with Gasteiger partial charge in [-0.3, -0.25) is 19.6 Å². The van der Waals surface area contributed by atoms with Gasteiger partial charge in [0.2, 0.25) is 5.91 Å². The molecular formula is C17H27N5O3. The first-order chi connectivity index (χ1) is 12.1. The molecule has 138 valence electrons. The van der Waals surface area contributed by atoms with Gasteiger partial charge in [0.1, 0.15) is 12.4 Å². The summed E-state index contributed by atoms with van der Waals surface area (Å²) in [6.07, 6.45) is 10.6. The zero-order chi connectivity index (χ0) is 17.6. The Balaban J connectivity index is 1.45. The van der Waals surface area contributed by atoms with Crippen molar-refractivity contribution in [2.45, 2.75) is 57.5 Å². The number of nitrogens with zero attached hydrogens (tertiary/aromatic N) is 4. The minimum Gasteiger partial charge on any atom is -0.353 e. The van der Waals surface area contributed by atoms with Gasteiger partial charge in [-0.1, -0.05) is 19.3 Å². The van der Waals surface area contributed by atoms with Gasteiger partial charge < -0.3 is 10.2 Å². The summed E-state index contributed by atoms with van der Waals surface area (Å²) >= 11 is 0. The van der Waals surface area contributed by atoms with Crippen LogP contribution in [0.3, 0.4) is 0 Å². The molecule has 2 fully saturated rings. The van der Waals surface area contributed by atoms with Gasteiger partial charge in [0.15, 0.2) is 0 Å². The lowest BCUT2D eigenvalue weighted by Crippen LogP contribution is -2.46. The van der Waals surface area contributed by atoms with E-state index in [9.17, 15) is 14.9 Å². The summed E-state index contributed by atoms with van der Waals surface area (Å²) in [6, 6.07) is 0.362. The first kappa shape index (κ1) is 17.8. The molecule has 0 radical (unpaired) electrons. The highest BCUT2D eigenvalue weighted by molar-refractivity contribution is 5.79. The molecule has 8 nitrogen and oxygen atoms in total. The Morgan fingerprint density at radius 1 is 1.24 bits per heavy atom. The maximum absolute atomic E-state index is 12.5. The van der Waals surface area contributed by atoms with Crippen molar-refractivity contribution in [2.75, 3.05) is 19.6 Å². The lowest BCUT2D eigenvalue weighted by atomic mass is 9.93. The standard InChI is InChI=1S/C17H27N5O3/c23-17(19-15-6-2-1-3-7-15)14-5-4-8-20(12-14)9-10-21-13-16(11-18-21)22(24)25/h11,13-15H,1-10,12H2,(H,19,23)/t14-/m0/s1. The van der Waals surface area contributed by atoms with Crippen LogP contribution in [0.25, 0.3) is 0 Å². The van der Waals surface area contributed by atoms with Crippen LogP contribution in [-0.2, 0) is 11.3 Å². The third-order valence-electron chi connectivity index (χ3n) is 5.30. The lowest BCUT2D eigenvalue weighted by Gasteiger charge is -2.33. The van der Waals surface area contributed by atoms with E-state index in [0.717, 1.165) is 45.3 Å². The molecule has 8 heteroatoms. The van der Waals surface area contributed by atoms with E-state index in [0.29, 0.717) is 12.6 Å². The topological polar surface area (TPSA) is 93.3 Å². The van der Waals surface area contributed by atoms with Crippen molar-refractivity contribution in [3.05, 3.63) is 22.5 Å². The van der Waals surface area contributed by atoms with Gasteiger partial charge in [-0.25, -0.2) is 0 Å². The van der Waals surface area contributed by atoms with E-state index in [1.807, 2.05) is 0 Å². The third-order valence-corrected chi connectivity index (χ3v) is 5.30. The molecular weight excluding hydrogens is 322 g/mol. The molecule has 1 aliphatic heterocycles. The number of rotatable bonds is 6. The smallest absolute Gasteiger partial charge is 0.306 e. The highest BCUT2D eigenvalue weighted by Crippen LogP contribution is 2.20. The number of nitrogens with one attached hydrogen (secondary N) is 1. The van der Waals surface area contributed by atoms with E-state index in [-0.39, 0.29) is 17.5 Å². The number of carbonyl (C=O) groups is 1. The van der Waals surface area contributed by atoms with Crippen LogP contribution < -0.4 is 5.32 Å². The van der Waals surface area contributed by atoms with Crippen LogP contribution in [0, 0.1) is 16.0 Å². The molecule has 1 saturated heterocycles. The van der Waals surface area contributed by atoms with E-state index in [1.165, 1.54) is 31.7 Å². The number of carbonyl (C=O) groups excluding carboxylic acids is 1. The zero-order valence-corrected chi connectivity index (χ0v) is 14.6. The maximum atomic E-state index is 12.5. The number of hydrogen-bond donors (Lipinski definition) is 1. The van der Waals surface area contributed by atoms with E-state index < -0.39 is 4.92 Å². The van der Waals surface area contributed by atoms with Crippen LogP contribution in [0.4, 0.5) is 5.69 Å². The monoisotopic (exact) mass is 349 g/mol. The summed E-state index contributed by atoms with van der Waals surface area (Å²) in [7, 11) is 0. The fraction of sp³-hybridized carbons (Fsp3) is 0.765. The molecule has 1 N–H and O–H groups in total. The van der Waals surface area contributed by atoms with Gasteiger partial charge >= 0.3 is 5.69 Å². The molecule has 25 heavy (non-hydrogen) atoms. The number of piperidine rings is 1. The van der Waals surface area contributed by atoms with Gasteiger partial charge in [-0.2, -0.15) is 5.10 Å². The quantitative estimate of drug-likeness (QED) is 0.626. The van der Waals surface area contributed by atoms with Gasteiger partial charge in [0.25, 0.3) is 0 Å². The second-order valence-corrected chi connectivity index (χ2v) is 7.20. The van der Waals surface area contributed by atoms with Crippen LogP contribution in [0.1, 0.15) is 44.9 Å². The summed E-state index contributed by atoms with van der Waals surface area (Å²) in [6.45, 7) is 3.09. The number of amides is 1. The second-order valence-electron chi connectivity index (χ2n) is 7.20. The molecule has 1 aromatic rings. The van der Waals surface area contributed by atoms with Crippen molar-refractivity contribution < 1.29 is 9.72 Å². The normalized spacial score (nSPS) is 22.6. The van der Waals surface area contributed by atoms with Crippen molar-refractivity contribution in [3.63, 3.8) is 0 Å². The highest BCUT2D eigenvalue weighted by atomic mass is 16.6. The number of aromatic nitrogens is 2. The van der Waals surface area contributed by atoms with Crippen molar-refractivity contribution in [1.82, 2.24) is 20.0 Å². The number of nitro groups is 1. The summed E-state index contributed by atoms with van der Waals surface area (Å²) in [4.78, 5) is 25.1. The van der Waals surface area contributed by atoms with Gasteiger partial charge in [-0.15, -0.1) is 0 Å². The second kappa shape index (κ2) is 8.42. The molecule has 1 aromatic heterocycles. The molecule has 1 atom stereocenters. The molecule has 2 heterocycles. The first-order valence-corrected chi connectivity index (χ1v) is 9.31. The number of hydrogen-bond acceptors (Lipinski definition) is 5. The zero-order valence-electron chi connectivity index (χ0n) is 14.6. The summed E-state index contributed by atoms with van der Waals surface area (Å²) < 4.78 is 1.60. The maximum Gasteiger partial charge on any atom is 0.306 e. The molecule has 0 aromatic carbocycles. The Labute approximate surface area is 147 Å². The SMILES string of the molecule is O=C(NC1CCCCC1)[C@H]1CCCN(CCn2cc([N+](=O)[O-])cn2)C1. The average molecular weight is 349 g/mol. The summed E-state index contributed by atoms with van der Waals surface area (Å²) in [5.74, 6) is 0.258. The van der Waals surface area contributed by atoms with Crippen LogP contribution in [0.2, 0.25) is 0 Å². The van der Waals surface area contributed by atoms with Gasteiger partial charge in [0.05, 0.1) is 17.4 Å².